The van der Waals surface area contributed by atoms with Crippen molar-refractivity contribution in [2.45, 2.75) is 27.2 Å². The van der Waals surface area contributed by atoms with Crippen molar-refractivity contribution in [1.82, 2.24) is 9.97 Å². The summed E-state index contributed by atoms with van der Waals surface area (Å²) in [6, 6.07) is 5.81. The van der Waals surface area contributed by atoms with Crippen molar-refractivity contribution in [1.29, 1.82) is 0 Å². The number of anilines is 2. The normalized spacial score (nSPS) is 10.4. The number of hydrogen-bond donors (Lipinski definition) is 2. The third-order valence-electron chi connectivity index (χ3n) is 3.19. The van der Waals surface area contributed by atoms with E-state index in [2.05, 4.69) is 36.5 Å². The number of nitrogens with one attached hydrogen (secondary N) is 2. The van der Waals surface area contributed by atoms with Gasteiger partial charge in [-0.25, -0.2) is 4.98 Å². The Labute approximate surface area is 138 Å². The van der Waals surface area contributed by atoms with Gasteiger partial charge < -0.3 is 10.6 Å². The maximum absolute atomic E-state index is 12.0. The van der Waals surface area contributed by atoms with Crippen molar-refractivity contribution in [2.24, 2.45) is 0 Å². The van der Waals surface area contributed by atoms with Gasteiger partial charge in [-0.1, -0.05) is 22.0 Å². The molecule has 0 radical (unpaired) electrons. The van der Waals surface area contributed by atoms with Crippen LogP contribution < -0.4 is 10.6 Å². The number of aromatic nitrogens is 2. The van der Waals surface area contributed by atoms with Crippen molar-refractivity contribution >= 4 is 33.3 Å². The molecule has 0 bridgehead atoms. The molecular weight excluding hydrogens is 344 g/mol. The minimum absolute atomic E-state index is 0.0352. The minimum atomic E-state index is -0.0352. The lowest BCUT2D eigenvalue weighted by molar-refractivity contribution is -0.115. The summed E-state index contributed by atoms with van der Waals surface area (Å²) in [6.07, 6.45) is 2.09. The van der Waals surface area contributed by atoms with Crippen LogP contribution in [0.4, 0.5) is 11.5 Å². The molecule has 0 atom stereocenters. The monoisotopic (exact) mass is 362 g/mol. The van der Waals surface area contributed by atoms with Crippen LogP contribution in [-0.4, -0.2) is 22.4 Å². The quantitative estimate of drug-likeness (QED) is 0.852. The van der Waals surface area contributed by atoms with E-state index in [1.165, 1.54) is 0 Å². The van der Waals surface area contributed by atoms with Crippen LogP contribution in [0.25, 0.3) is 0 Å². The predicted molar refractivity (Wildman–Crippen MR) is 92.1 cm³/mol. The molecule has 2 N–H and O–H groups in total. The van der Waals surface area contributed by atoms with Crippen LogP contribution >= 0.6 is 15.9 Å². The van der Waals surface area contributed by atoms with Crippen molar-refractivity contribution in [3.8, 4) is 0 Å². The SMILES string of the molecule is Cc1cnc(C)c(NCCC(=O)Nc2cc(Br)ccc2C)n1. The highest BCUT2D eigenvalue weighted by atomic mass is 79.9. The summed E-state index contributed by atoms with van der Waals surface area (Å²) in [5.74, 6) is 0.693. The van der Waals surface area contributed by atoms with Gasteiger partial charge in [-0.15, -0.1) is 0 Å². The zero-order valence-electron chi connectivity index (χ0n) is 12.9. The summed E-state index contributed by atoms with van der Waals surface area (Å²) in [5.41, 5.74) is 3.53. The van der Waals surface area contributed by atoms with E-state index in [9.17, 15) is 4.79 Å². The summed E-state index contributed by atoms with van der Waals surface area (Å²) in [4.78, 5) is 20.6. The van der Waals surface area contributed by atoms with Gasteiger partial charge in [0.25, 0.3) is 0 Å². The summed E-state index contributed by atoms with van der Waals surface area (Å²) in [6.45, 7) is 6.25. The van der Waals surface area contributed by atoms with E-state index in [0.29, 0.717) is 13.0 Å². The Morgan fingerprint density at radius 2 is 2.05 bits per heavy atom. The molecular formula is C16H19BrN4O. The molecule has 0 unspecified atom stereocenters. The molecule has 116 valence electrons. The molecule has 0 aliphatic rings. The van der Waals surface area contributed by atoms with Crippen LogP contribution in [0.15, 0.2) is 28.9 Å². The molecule has 22 heavy (non-hydrogen) atoms. The Morgan fingerprint density at radius 3 is 2.82 bits per heavy atom. The second-order valence-corrected chi connectivity index (χ2v) is 6.05. The summed E-state index contributed by atoms with van der Waals surface area (Å²) < 4.78 is 0.942. The molecule has 2 aromatic rings. The average Bonchev–Trinajstić information content (AvgIpc) is 2.46. The van der Waals surface area contributed by atoms with Gasteiger partial charge in [-0.05, 0) is 38.5 Å². The first-order chi connectivity index (χ1) is 10.5. The van der Waals surface area contributed by atoms with Crippen molar-refractivity contribution in [3.05, 3.63) is 45.8 Å². The maximum Gasteiger partial charge on any atom is 0.226 e. The number of hydrogen-bond acceptors (Lipinski definition) is 4. The first kappa shape index (κ1) is 16.4. The van der Waals surface area contributed by atoms with E-state index in [1.54, 1.807) is 6.20 Å². The largest absolute Gasteiger partial charge is 0.368 e. The Balaban J connectivity index is 1.88. The molecule has 2 rings (SSSR count). The Kier molecular flexibility index (Phi) is 5.49. The van der Waals surface area contributed by atoms with Crippen molar-refractivity contribution in [2.75, 3.05) is 17.2 Å². The second-order valence-electron chi connectivity index (χ2n) is 5.13. The third kappa shape index (κ3) is 4.53. The Hall–Kier alpha value is -1.95. The van der Waals surface area contributed by atoms with Crippen LogP contribution in [0.2, 0.25) is 0 Å². The molecule has 0 saturated heterocycles. The Bertz CT molecular complexity index is 688. The maximum atomic E-state index is 12.0. The topological polar surface area (TPSA) is 66.9 Å². The van der Waals surface area contributed by atoms with Gasteiger partial charge in [0.2, 0.25) is 5.91 Å². The van der Waals surface area contributed by atoms with Crippen LogP contribution in [0, 0.1) is 20.8 Å². The highest BCUT2D eigenvalue weighted by Gasteiger charge is 2.07. The molecule has 0 saturated carbocycles. The molecule has 0 spiro atoms. The van der Waals surface area contributed by atoms with Crippen LogP contribution in [-0.2, 0) is 4.79 Å². The molecule has 6 heteroatoms. The first-order valence-electron chi connectivity index (χ1n) is 7.06. The van der Waals surface area contributed by atoms with Crippen molar-refractivity contribution in [3.63, 3.8) is 0 Å². The summed E-state index contributed by atoms with van der Waals surface area (Å²) in [5, 5.41) is 6.07. The van der Waals surface area contributed by atoms with Crippen molar-refractivity contribution < 1.29 is 4.79 Å². The molecule has 5 nitrogen and oxygen atoms in total. The third-order valence-corrected chi connectivity index (χ3v) is 3.69. The Morgan fingerprint density at radius 1 is 1.27 bits per heavy atom. The number of amides is 1. The molecule has 0 aliphatic carbocycles. The highest BCUT2D eigenvalue weighted by Crippen LogP contribution is 2.20. The van der Waals surface area contributed by atoms with Gasteiger partial charge >= 0.3 is 0 Å². The van der Waals surface area contributed by atoms with Crippen LogP contribution in [0.5, 0.6) is 0 Å². The molecule has 0 fully saturated rings. The standard InChI is InChI=1S/C16H19BrN4O/c1-10-4-5-13(17)8-14(10)21-15(22)6-7-18-16-12(3)19-9-11(2)20-16/h4-5,8-9H,6-7H2,1-3H3,(H,18,20)(H,21,22). The second kappa shape index (κ2) is 7.35. The number of halogens is 1. The van der Waals surface area contributed by atoms with Gasteiger partial charge in [0.15, 0.2) is 0 Å². The van der Waals surface area contributed by atoms with E-state index in [4.69, 9.17) is 0 Å². The van der Waals surface area contributed by atoms with Crippen LogP contribution in [0.1, 0.15) is 23.4 Å². The fourth-order valence-electron chi connectivity index (χ4n) is 1.94. The molecule has 0 aliphatic heterocycles. The lowest BCUT2D eigenvalue weighted by atomic mass is 10.2. The molecule has 1 heterocycles. The first-order valence-corrected chi connectivity index (χ1v) is 7.85. The van der Waals surface area contributed by atoms with E-state index in [-0.39, 0.29) is 5.91 Å². The summed E-state index contributed by atoms with van der Waals surface area (Å²) in [7, 11) is 0. The molecule has 1 aromatic heterocycles. The van der Waals surface area contributed by atoms with Gasteiger partial charge in [0.1, 0.15) is 5.82 Å². The minimum Gasteiger partial charge on any atom is -0.368 e. The number of carbonyl (C=O) groups excluding carboxylic acids is 1. The number of aryl methyl sites for hydroxylation is 3. The van der Waals surface area contributed by atoms with Gasteiger partial charge in [0.05, 0.1) is 11.4 Å². The lowest BCUT2D eigenvalue weighted by Gasteiger charge is -2.10. The van der Waals surface area contributed by atoms with E-state index >= 15 is 0 Å². The zero-order valence-corrected chi connectivity index (χ0v) is 14.5. The number of carbonyl (C=O) groups is 1. The summed E-state index contributed by atoms with van der Waals surface area (Å²) >= 11 is 3.41. The van der Waals surface area contributed by atoms with Gasteiger partial charge in [0, 0.05) is 29.3 Å². The van der Waals surface area contributed by atoms with E-state index < -0.39 is 0 Å². The fourth-order valence-corrected chi connectivity index (χ4v) is 2.30. The molecule has 1 aromatic carbocycles. The number of rotatable bonds is 5. The van der Waals surface area contributed by atoms with E-state index in [1.807, 2.05) is 39.0 Å². The number of benzene rings is 1. The smallest absolute Gasteiger partial charge is 0.226 e. The lowest BCUT2D eigenvalue weighted by Crippen LogP contribution is -2.17. The highest BCUT2D eigenvalue weighted by molar-refractivity contribution is 9.10. The number of nitrogens with zero attached hydrogens (tertiary/aromatic N) is 2. The van der Waals surface area contributed by atoms with E-state index in [0.717, 1.165) is 32.9 Å². The predicted octanol–water partition coefficient (Wildman–Crippen LogP) is 3.61. The average molecular weight is 363 g/mol. The fraction of sp³-hybridized carbons (Fsp3) is 0.312. The van der Waals surface area contributed by atoms with Gasteiger partial charge in [-0.2, -0.15) is 0 Å². The molecule has 1 amide bonds. The van der Waals surface area contributed by atoms with Gasteiger partial charge in [-0.3, -0.25) is 9.78 Å². The zero-order chi connectivity index (χ0) is 16.1. The van der Waals surface area contributed by atoms with Crippen LogP contribution in [0.3, 0.4) is 0 Å².